The van der Waals surface area contributed by atoms with E-state index in [0.717, 1.165) is 37.6 Å². The number of likely N-dealkylation sites (N-methyl/N-ethyl adjacent to an activating group) is 1. The summed E-state index contributed by atoms with van der Waals surface area (Å²) in [4.78, 5) is 14.9. The van der Waals surface area contributed by atoms with Crippen LogP contribution in [0.25, 0.3) is 0 Å². The fourth-order valence-corrected chi connectivity index (χ4v) is 3.72. The first-order valence-corrected chi connectivity index (χ1v) is 8.99. The molecule has 3 aliphatic rings. The second kappa shape index (κ2) is 6.84. The van der Waals surface area contributed by atoms with Crippen molar-refractivity contribution in [3.05, 3.63) is 29.5 Å². The zero-order valence-corrected chi connectivity index (χ0v) is 14.3. The number of hydrogen-bond acceptors (Lipinski definition) is 6. The van der Waals surface area contributed by atoms with Crippen molar-refractivity contribution in [1.82, 2.24) is 25.5 Å². The first-order chi connectivity index (χ1) is 11.8. The molecule has 1 aromatic heterocycles. The number of hydroxylamine groups is 1. The molecule has 7 heteroatoms. The van der Waals surface area contributed by atoms with Gasteiger partial charge in [-0.15, -0.1) is 0 Å². The van der Waals surface area contributed by atoms with E-state index in [0.29, 0.717) is 11.8 Å². The van der Waals surface area contributed by atoms with Crippen LogP contribution in [0.3, 0.4) is 0 Å². The highest BCUT2D eigenvalue weighted by Crippen LogP contribution is 2.33. The van der Waals surface area contributed by atoms with Crippen molar-refractivity contribution in [1.29, 1.82) is 0 Å². The van der Waals surface area contributed by atoms with E-state index in [2.05, 4.69) is 43.7 Å². The number of H-pyrrole nitrogens is 1. The normalized spacial score (nSPS) is 24.8. The second-order valence-electron chi connectivity index (χ2n) is 7.01. The maximum atomic E-state index is 5.64. The number of rotatable bonds is 3. The summed E-state index contributed by atoms with van der Waals surface area (Å²) >= 11 is 0. The molecule has 2 aliphatic heterocycles. The number of nitrogens with one attached hydrogen (secondary N) is 2. The smallest absolute Gasteiger partial charge is 0.258 e. The van der Waals surface area contributed by atoms with Gasteiger partial charge in [-0.25, -0.2) is 5.48 Å². The molecule has 1 saturated carbocycles. The second-order valence-corrected chi connectivity index (χ2v) is 7.01. The van der Waals surface area contributed by atoms with Crippen LogP contribution in [-0.2, 0) is 4.84 Å². The largest absolute Gasteiger partial charge is 0.372 e. The minimum absolute atomic E-state index is 0.549. The Labute approximate surface area is 142 Å². The van der Waals surface area contributed by atoms with E-state index in [1.165, 1.54) is 37.8 Å². The Hall–Kier alpha value is -2.02. The van der Waals surface area contributed by atoms with Crippen LogP contribution in [0.5, 0.6) is 0 Å². The molecule has 0 aromatic carbocycles. The molecular formula is C17H26N6O. The van der Waals surface area contributed by atoms with E-state index in [1.807, 2.05) is 6.20 Å². The molecule has 1 aliphatic carbocycles. The summed E-state index contributed by atoms with van der Waals surface area (Å²) in [6, 6.07) is 0. The van der Waals surface area contributed by atoms with E-state index < -0.39 is 0 Å². The molecule has 130 valence electrons. The Kier molecular flexibility index (Phi) is 4.42. The number of aliphatic imine (C=N–C) groups is 1. The van der Waals surface area contributed by atoms with Crippen LogP contribution in [0.1, 0.15) is 49.3 Å². The molecule has 2 fully saturated rings. The molecule has 0 unspecified atom stereocenters. The highest BCUT2D eigenvalue weighted by Gasteiger charge is 2.26. The number of aromatic nitrogens is 2. The van der Waals surface area contributed by atoms with Crippen molar-refractivity contribution in [2.45, 2.75) is 38.0 Å². The lowest BCUT2D eigenvalue weighted by molar-refractivity contribution is 0.191. The van der Waals surface area contributed by atoms with Crippen LogP contribution >= 0.6 is 0 Å². The molecule has 7 nitrogen and oxygen atoms in total. The van der Waals surface area contributed by atoms with E-state index in [9.17, 15) is 0 Å². The molecule has 0 radical (unpaired) electrons. The van der Waals surface area contributed by atoms with Crippen LogP contribution < -0.4 is 5.48 Å². The van der Waals surface area contributed by atoms with Gasteiger partial charge in [0.15, 0.2) is 5.82 Å². The maximum Gasteiger partial charge on any atom is 0.258 e. The average Bonchev–Trinajstić information content (AvgIpc) is 3.27. The van der Waals surface area contributed by atoms with Gasteiger partial charge in [-0.05, 0) is 19.9 Å². The Morgan fingerprint density at radius 1 is 1.17 bits per heavy atom. The topological polar surface area (TPSA) is 68.8 Å². The summed E-state index contributed by atoms with van der Waals surface area (Å²) < 4.78 is 0. The third-order valence-corrected chi connectivity index (χ3v) is 5.23. The van der Waals surface area contributed by atoms with Crippen molar-refractivity contribution in [2.24, 2.45) is 4.99 Å². The van der Waals surface area contributed by atoms with Gasteiger partial charge in [-0.1, -0.05) is 19.3 Å². The van der Waals surface area contributed by atoms with Gasteiger partial charge < -0.3 is 14.6 Å². The maximum absolute atomic E-state index is 5.64. The van der Waals surface area contributed by atoms with Crippen molar-refractivity contribution >= 4 is 5.90 Å². The Bertz CT molecular complexity index is 623. The highest BCUT2D eigenvalue weighted by molar-refractivity contribution is 5.96. The van der Waals surface area contributed by atoms with Gasteiger partial charge in [0, 0.05) is 38.3 Å². The van der Waals surface area contributed by atoms with Gasteiger partial charge in [0.25, 0.3) is 5.90 Å². The van der Waals surface area contributed by atoms with E-state index >= 15 is 0 Å². The summed E-state index contributed by atoms with van der Waals surface area (Å²) in [5.41, 5.74) is 5.12. The Morgan fingerprint density at radius 2 is 1.96 bits per heavy atom. The van der Waals surface area contributed by atoms with Gasteiger partial charge in [-0.3, -0.25) is 5.10 Å². The third kappa shape index (κ3) is 3.26. The summed E-state index contributed by atoms with van der Waals surface area (Å²) in [6.45, 7) is 4.20. The van der Waals surface area contributed by atoms with Gasteiger partial charge in [0.1, 0.15) is 0 Å². The SMILES string of the molecule is CN1CCN(C=C2N=C(c3cn[nH]c3C3CCCCC3)ON2)CC1. The van der Waals surface area contributed by atoms with Crippen molar-refractivity contribution in [3.8, 4) is 0 Å². The van der Waals surface area contributed by atoms with Crippen LogP contribution in [0, 0.1) is 0 Å². The number of piperazine rings is 1. The van der Waals surface area contributed by atoms with Crippen molar-refractivity contribution < 1.29 is 4.84 Å². The Balaban J connectivity index is 1.48. The van der Waals surface area contributed by atoms with Crippen LogP contribution in [0.2, 0.25) is 0 Å². The van der Waals surface area contributed by atoms with E-state index in [4.69, 9.17) is 4.84 Å². The van der Waals surface area contributed by atoms with Crippen LogP contribution in [-0.4, -0.2) is 59.1 Å². The van der Waals surface area contributed by atoms with Gasteiger partial charge in [0.2, 0.25) is 0 Å². The van der Waals surface area contributed by atoms with Gasteiger partial charge in [-0.2, -0.15) is 10.1 Å². The summed E-state index contributed by atoms with van der Waals surface area (Å²) in [5, 5.41) is 7.42. The summed E-state index contributed by atoms with van der Waals surface area (Å²) in [5.74, 6) is 1.95. The third-order valence-electron chi connectivity index (χ3n) is 5.23. The van der Waals surface area contributed by atoms with Crippen molar-refractivity contribution in [2.75, 3.05) is 33.2 Å². The molecule has 0 bridgehead atoms. The predicted octanol–water partition coefficient (Wildman–Crippen LogP) is 1.79. The molecule has 1 saturated heterocycles. The zero-order valence-electron chi connectivity index (χ0n) is 14.3. The summed E-state index contributed by atoms with van der Waals surface area (Å²) in [7, 11) is 2.16. The summed E-state index contributed by atoms with van der Waals surface area (Å²) in [6.07, 6.45) is 10.3. The zero-order chi connectivity index (χ0) is 16.4. The highest BCUT2D eigenvalue weighted by atomic mass is 16.7. The van der Waals surface area contributed by atoms with Crippen molar-refractivity contribution in [3.63, 3.8) is 0 Å². The molecule has 24 heavy (non-hydrogen) atoms. The number of nitrogens with zero attached hydrogens (tertiary/aromatic N) is 4. The van der Waals surface area contributed by atoms with E-state index in [-0.39, 0.29) is 0 Å². The lowest BCUT2D eigenvalue weighted by Crippen LogP contribution is -2.42. The first kappa shape index (κ1) is 15.5. The monoisotopic (exact) mass is 330 g/mol. The lowest BCUT2D eigenvalue weighted by Gasteiger charge is -2.31. The average molecular weight is 330 g/mol. The minimum atomic E-state index is 0.549. The molecular weight excluding hydrogens is 304 g/mol. The number of hydrogen-bond donors (Lipinski definition) is 2. The molecule has 4 rings (SSSR count). The quantitative estimate of drug-likeness (QED) is 0.884. The minimum Gasteiger partial charge on any atom is -0.372 e. The molecule has 1 aromatic rings. The lowest BCUT2D eigenvalue weighted by atomic mass is 9.85. The molecule has 0 amide bonds. The fraction of sp³-hybridized carbons (Fsp3) is 0.647. The van der Waals surface area contributed by atoms with Crippen LogP contribution in [0.15, 0.2) is 23.2 Å². The van der Waals surface area contributed by atoms with Crippen LogP contribution in [0.4, 0.5) is 0 Å². The van der Waals surface area contributed by atoms with Gasteiger partial charge >= 0.3 is 0 Å². The Morgan fingerprint density at radius 3 is 2.75 bits per heavy atom. The first-order valence-electron chi connectivity index (χ1n) is 8.99. The standard InChI is InChI=1S/C17H26N6O/c1-22-7-9-23(10-8-22)12-15-19-17(24-21-15)14-11-18-20-16(14)13-5-3-2-4-6-13/h11-13,21H,2-10H2,1H3,(H,18,20). The van der Waals surface area contributed by atoms with E-state index in [1.54, 1.807) is 0 Å². The predicted molar refractivity (Wildman–Crippen MR) is 92.3 cm³/mol. The molecule has 0 atom stereocenters. The molecule has 2 N–H and O–H groups in total. The van der Waals surface area contributed by atoms with Gasteiger partial charge in [0.05, 0.1) is 17.5 Å². The fourth-order valence-electron chi connectivity index (χ4n) is 3.72. The molecule has 3 heterocycles. The number of aromatic amines is 1. The molecule has 0 spiro atoms.